The maximum Gasteiger partial charge on any atom is 0.341 e. The van der Waals surface area contributed by atoms with Gasteiger partial charge in [0.1, 0.15) is 23.4 Å². The number of pyridine rings is 1. The molecule has 1 unspecified atom stereocenters. The molecule has 1 aliphatic heterocycles. The third kappa shape index (κ3) is 3.25. The number of alkyl halides is 1. The first-order valence-electron chi connectivity index (χ1n) is 7.75. The number of nitrogens with one attached hydrogen (secondary N) is 1. The normalized spacial score (nSPS) is 20.8. The van der Waals surface area contributed by atoms with Gasteiger partial charge in [-0.1, -0.05) is 0 Å². The van der Waals surface area contributed by atoms with Gasteiger partial charge in [0.25, 0.3) is 0 Å². The monoisotopic (exact) mass is 335 g/mol. The van der Waals surface area contributed by atoms with Crippen LogP contribution in [0.3, 0.4) is 0 Å². The summed E-state index contributed by atoms with van der Waals surface area (Å²) in [5, 5.41) is 3.37. The topological polar surface area (TPSA) is 54.5 Å². The Hall–Kier alpha value is -2.44. The minimum Gasteiger partial charge on any atom is -0.465 e. The van der Waals surface area contributed by atoms with E-state index >= 15 is 0 Å². The number of halogens is 2. The zero-order chi connectivity index (χ0) is 17.3. The van der Waals surface area contributed by atoms with Crippen LogP contribution in [0.5, 0.6) is 0 Å². The van der Waals surface area contributed by atoms with E-state index in [1.165, 1.54) is 7.11 Å². The largest absolute Gasteiger partial charge is 0.465 e. The Labute approximate surface area is 139 Å². The molecule has 2 aliphatic rings. The number of carbonyl (C=O) groups is 1. The van der Waals surface area contributed by atoms with Gasteiger partial charge in [-0.3, -0.25) is 0 Å². The molecule has 0 spiro atoms. The predicted octanol–water partition coefficient (Wildman–Crippen LogP) is 2.36. The van der Waals surface area contributed by atoms with Gasteiger partial charge in [0.2, 0.25) is 0 Å². The number of carbonyl (C=O) groups excluding carboxylic acids is 1. The van der Waals surface area contributed by atoms with E-state index in [9.17, 15) is 13.6 Å². The summed E-state index contributed by atoms with van der Waals surface area (Å²) in [7, 11) is 1.25. The van der Waals surface area contributed by atoms with Crippen LogP contribution in [-0.4, -0.2) is 43.4 Å². The lowest BCUT2D eigenvalue weighted by molar-refractivity contribution is 0.0600. The summed E-state index contributed by atoms with van der Waals surface area (Å²) >= 11 is 0. The van der Waals surface area contributed by atoms with Crippen molar-refractivity contribution in [2.45, 2.75) is 25.6 Å². The van der Waals surface area contributed by atoms with Crippen LogP contribution in [-0.2, 0) is 4.74 Å². The van der Waals surface area contributed by atoms with E-state index in [2.05, 4.69) is 15.0 Å². The molecule has 2 heterocycles. The summed E-state index contributed by atoms with van der Waals surface area (Å²) < 4.78 is 31.3. The summed E-state index contributed by atoms with van der Waals surface area (Å²) in [5.41, 5.74) is 2.04. The van der Waals surface area contributed by atoms with Gasteiger partial charge in [-0.15, -0.1) is 0 Å². The van der Waals surface area contributed by atoms with Crippen LogP contribution in [0.2, 0.25) is 0 Å². The predicted molar refractivity (Wildman–Crippen MR) is 86.0 cm³/mol. The standard InChI is InChI=1S/C17H19F2N3O2/c1-10-5-11(18)3-4-15(10)21-13-8-22(9-13)16-14(17(23)24-2)6-12(19)7-20-16/h3-4,6-7,11,13,21H,5,8-9H2,1-2H3. The van der Waals surface area contributed by atoms with Crippen LogP contribution in [0, 0.1) is 5.82 Å². The second-order valence-corrected chi connectivity index (χ2v) is 6.04. The molecule has 1 aliphatic carbocycles. The summed E-state index contributed by atoms with van der Waals surface area (Å²) in [6.07, 6.45) is 3.88. The molecular weight excluding hydrogens is 316 g/mol. The fourth-order valence-electron chi connectivity index (χ4n) is 2.89. The average Bonchev–Trinajstić information content (AvgIpc) is 2.52. The van der Waals surface area contributed by atoms with Crippen molar-refractivity contribution >= 4 is 11.8 Å². The van der Waals surface area contributed by atoms with Gasteiger partial charge in [0.15, 0.2) is 0 Å². The Morgan fingerprint density at radius 1 is 1.46 bits per heavy atom. The van der Waals surface area contributed by atoms with Crippen molar-refractivity contribution in [2.75, 3.05) is 25.1 Å². The third-order valence-electron chi connectivity index (χ3n) is 4.21. The van der Waals surface area contributed by atoms with Crippen molar-refractivity contribution in [3.63, 3.8) is 0 Å². The molecule has 0 radical (unpaired) electrons. The molecule has 3 rings (SSSR count). The highest BCUT2D eigenvalue weighted by atomic mass is 19.1. The first kappa shape index (κ1) is 16.4. The van der Waals surface area contributed by atoms with Gasteiger partial charge in [-0.05, 0) is 30.7 Å². The van der Waals surface area contributed by atoms with Gasteiger partial charge in [-0.2, -0.15) is 0 Å². The van der Waals surface area contributed by atoms with Gasteiger partial charge in [0.05, 0.1) is 19.3 Å². The van der Waals surface area contributed by atoms with Gasteiger partial charge >= 0.3 is 5.97 Å². The molecule has 1 N–H and O–H groups in total. The molecule has 0 aromatic carbocycles. The number of nitrogens with zero attached hydrogens (tertiary/aromatic N) is 2. The van der Waals surface area contributed by atoms with Crippen molar-refractivity contribution in [1.29, 1.82) is 0 Å². The van der Waals surface area contributed by atoms with Gasteiger partial charge in [-0.25, -0.2) is 18.6 Å². The molecule has 5 nitrogen and oxygen atoms in total. The number of anilines is 1. The zero-order valence-corrected chi connectivity index (χ0v) is 13.6. The number of methoxy groups -OCH3 is 1. The van der Waals surface area contributed by atoms with Crippen LogP contribution >= 0.6 is 0 Å². The Morgan fingerprint density at radius 3 is 2.88 bits per heavy atom. The number of aromatic nitrogens is 1. The number of rotatable bonds is 4. The Kier molecular flexibility index (Phi) is 4.51. The molecule has 1 fully saturated rings. The van der Waals surface area contributed by atoms with E-state index < -0.39 is 18.0 Å². The van der Waals surface area contributed by atoms with E-state index in [1.54, 1.807) is 12.2 Å². The molecule has 1 saturated heterocycles. The lowest BCUT2D eigenvalue weighted by atomic mass is 10.0. The minimum absolute atomic E-state index is 0.115. The highest BCUT2D eigenvalue weighted by molar-refractivity contribution is 5.94. The molecule has 24 heavy (non-hydrogen) atoms. The van der Waals surface area contributed by atoms with Crippen molar-refractivity contribution in [3.05, 3.63) is 47.1 Å². The maximum absolute atomic E-state index is 13.3. The maximum atomic E-state index is 13.3. The lowest BCUT2D eigenvalue weighted by Gasteiger charge is -2.42. The second-order valence-electron chi connectivity index (χ2n) is 6.04. The molecule has 128 valence electrons. The van der Waals surface area contributed by atoms with E-state index in [0.717, 1.165) is 23.5 Å². The van der Waals surface area contributed by atoms with Crippen molar-refractivity contribution in [2.24, 2.45) is 0 Å². The average molecular weight is 335 g/mol. The smallest absolute Gasteiger partial charge is 0.341 e. The summed E-state index contributed by atoms with van der Waals surface area (Å²) in [5.74, 6) is -0.783. The van der Waals surface area contributed by atoms with Crippen molar-refractivity contribution in [3.8, 4) is 0 Å². The number of esters is 1. The van der Waals surface area contributed by atoms with E-state index in [4.69, 9.17) is 0 Å². The van der Waals surface area contributed by atoms with Crippen molar-refractivity contribution < 1.29 is 18.3 Å². The summed E-state index contributed by atoms with van der Waals surface area (Å²) in [6.45, 7) is 3.14. The first-order chi connectivity index (χ1) is 11.5. The Balaban J connectivity index is 1.66. The molecule has 1 aromatic rings. The lowest BCUT2D eigenvalue weighted by Crippen LogP contribution is -2.58. The van der Waals surface area contributed by atoms with Crippen LogP contribution < -0.4 is 10.2 Å². The molecule has 1 aromatic heterocycles. The van der Waals surface area contributed by atoms with Crippen LogP contribution in [0.4, 0.5) is 14.6 Å². The minimum atomic E-state index is -0.917. The molecule has 0 amide bonds. The number of hydrogen-bond donors (Lipinski definition) is 1. The van der Waals surface area contributed by atoms with Gasteiger partial charge < -0.3 is 15.0 Å². The van der Waals surface area contributed by atoms with E-state index in [1.807, 2.05) is 11.8 Å². The number of hydrogen-bond acceptors (Lipinski definition) is 5. The van der Waals surface area contributed by atoms with Crippen LogP contribution in [0.1, 0.15) is 23.7 Å². The highest BCUT2D eigenvalue weighted by Gasteiger charge is 2.32. The highest BCUT2D eigenvalue weighted by Crippen LogP contribution is 2.26. The third-order valence-corrected chi connectivity index (χ3v) is 4.21. The van der Waals surface area contributed by atoms with E-state index in [-0.39, 0.29) is 11.6 Å². The number of ether oxygens (including phenoxy) is 1. The first-order valence-corrected chi connectivity index (χ1v) is 7.75. The van der Waals surface area contributed by atoms with Gasteiger partial charge in [0, 0.05) is 25.2 Å². The summed E-state index contributed by atoms with van der Waals surface area (Å²) in [4.78, 5) is 17.7. The SMILES string of the molecule is COC(=O)c1cc(F)cnc1N1CC(NC2=C(C)CC(F)C=C2)C1. The van der Waals surface area contributed by atoms with Crippen molar-refractivity contribution in [1.82, 2.24) is 10.3 Å². The van der Waals surface area contributed by atoms with Crippen LogP contribution in [0.15, 0.2) is 35.7 Å². The summed E-state index contributed by atoms with van der Waals surface area (Å²) in [6, 6.07) is 1.29. The molecule has 0 saturated carbocycles. The van der Waals surface area contributed by atoms with Crippen LogP contribution in [0.25, 0.3) is 0 Å². The number of allylic oxidation sites excluding steroid dienone is 3. The Morgan fingerprint density at radius 2 is 2.21 bits per heavy atom. The second kappa shape index (κ2) is 6.59. The molecule has 0 bridgehead atoms. The fourth-order valence-corrected chi connectivity index (χ4v) is 2.89. The zero-order valence-electron chi connectivity index (χ0n) is 13.6. The fraction of sp³-hybridized carbons (Fsp3) is 0.412. The molecular formula is C17H19F2N3O2. The quantitative estimate of drug-likeness (QED) is 0.856. The molecule has 1 atom stereocenters. The Bertz CT molecular complexity index is 712. The molecule has 7 heteroatoms. The van der Waals surface area contributed by atoms with E-state index in [0.29, 0.717) is 25.3 Å².